The molecular weight excluding hydrogens is 256 g/mol. The van der Waals surface area contributed by atoms with Crippen molar-refractivity contribution in [1.82, 2.24) is 10.2 Å². The maximum atomic E-state index is 3.76. The lowest BCUT2D eigenvalue weighted by Gasteiger charge is -2.42. The Labute approximate surface area is 129 Å². The summed E-state index contributed by atoms with van der Waals surface area (Å²) in [5.74, 6) is 1.85. The fraction of sp³-hybridized carbons (Fsp3) is 0.684. The van der Waals surface area contributed by atoms with Crippen LogP contribution in [-0.4, -0.2) is 30.6 Å². The van der Waals surface area contributed by atoms with Crippen molar-refractivity contribution in [3.8, 4) is 0 Å². The Morgan fingerprint density at radius 1 is 1.19 bits per heavy atom. The molecule has 0 radical (unpaired) electrons. The molecule has 0 spiro atoms. The molecule has 1 saturated carbocycles. The van der Waals surface area contributed by atoms with Crippen LogP contribution in [-0.2, 0) is 0 Å². The molecule has 0 aromatic heterocycles. The third kappa shape index (κ3) is 3.49. The van der Waals surface area contributed by atoms with Gasteiger partial charge in [0, 0.05) is 31.7 Å². The number of rotatable bonds is 4. The number of piperazine rings is 1. The molecule has 3 rings (SSSR count). The van der Waals surface area contributed by atoms with Gasteiger partial charge in [0.05, 0.1) is 0 Å². The van der Waals surface area contributed by atoms with Gasteiger partial charge in [-0.3, -0.25) is 4.90 Å². The van der Waals surface area contributed by atoms with E-state index in [2.05, 4.69) is 54.4 Å². The van der Waals surface area contributed by atoms with Crippen molar-refractivity contribution in [3.05, 3.63) is 35.9 Å². The second-order valence-corrected chi connectivity index (χ2v) is 7.06. The molecule has 2 aliphatic rings. The smallest absolute Gasteiger partial charge is 0.0449 e. The van der Waals surface area contributed by atoms with E-state index in [9.17, 15) is 0 Å². The zero-order chi connectivity index (χ0) is 14.7. The highest BCUT2D eigenvalue weighted by Crippen LogP contribution is 2.33. The molecule has 0 amide bonds. The van der Waals surface area contributed by atoms with Crippen LogP contribution in [0.15, 0.2) is 30.3 Å². The molecule has 116 valence electrons. The summed E-state index contributed by atoms with van der Waals surface area (Å²) in [6, 6.07) is 12.2. The monoisotopic (exact) mass is 286 g/mol. The Bertz CT molecular complexity index is 430. The number of benzene rings is 1. The average molecular weight is 286 g/mol. The van der Waals surface area contributed by atoms with Gasteiger partial charge in [-0.2, -0.15) is 0 Å². The van der Waals surface area contributed by atoms with Crippen LogP contribution in [0.25, 0.3) is 0 Å². The first-order valence-corrected chi connectivity index (χ1v) is 8.80. The molecule has 1 aromatic carbocycles. The standard InChI is InChI=1S/C19H30N2/c1-3-18-12-20-19(16-9-5-4-6-10-16)14-21(18)13-17-11-7-8-15(17)2/h4-6,9-10,15,17-20H,3,7-8,11-14H2,1-2H3. The summed E-state index contributed by atoms with van der Waals surface area (Å²) >= 11 is 0. The second-order valence-electron chi connectivity index (χ2n) is 7.06. The van der Waals surface area contributed by atoms with E-state index in [4.69, 9.17) is 0 Å². The predicted molar refractivity (Wildman–Crippen MR) is 89.3 cm³/mol. The maximum Gasteiger partial charge on any atom is 0.0449 e. The van der Waals surface area contributed by atoms with E-state index in [0.29, 0.717) is 6.04 Å². The molecule has 1 heterocycles. The number of nitrogens with one attached hydrogen (secondary N) is 1. The Balaban J connectivity index is 1.67. The fourth-order valence-electron chi connectivity index (χ4n) is 4.18. The molecule has 2 nitrogen and oxygen atoms in total. The van der Waals surface area contributed by atoms with Gasteiger partial charge in [-0.15, -0.1) is 0 Å². The topological polar surface area (TPSA) is 15.3 Å². The SMILES string of the molecule is CCC1CNC(c2ccccc2)CN1CC1CCCC1C. The minimum absolute atomic E-state index is 0.505. The maximum absolute atomic E-state index is 3.76. The minimum atomic E-state index is 0.505. The summed E-state index contributed by atoms with van der Waals surface area (Å²) in [5, 5.41) is 3.76. The normalized spacial score (nSPS) is 34.2. The van der Waals surface area contributed by atoms with Crippen molar-refractivity contribution in [2.45, 2.75) is 51.6 Å². The van der Waals surface area contributed by atoms with Crippen LogP contribution in [0.2, 0.25) is 0 Å². The van der Waals surface area contributed by atoms with E-state index < -0.39 is 0 Å². The van der Waals surface area contributed by atoms with Gasteiger partial charge in [0.25, 0.3) is 0 Å². The molecule has 1 aliphatic carbocycles. The lowest BCUT2D eigenvalue weighted by molar-refractivity contribution is 0.0991. The van der Waals surface area contributed by atoms with Crippen molar-refractivity contribution in [1.29, 1.82) is 0 Å². The van der Waals surface area contributed by atoms with E-state index in [1.165, 1.54) is 44.3 Å². The minimum Gasteiger partial charge on any atom is -0.307 e. The molecule has 4 atom stereocenters. The van der Waals surface area contributed by atoms with Gasteiger partial charge in [0.2, 0.25) is 0 Å². The van der Waals surface area contributed by atoms with Crippen molar-refractivity contribution in [2.24, 2.45) is 11.8 Å². The van der Waals surface area contributed by atoms with Crippen LogP contribution in [0.5, 0.6) is 0 Å². The van der Waals surface area contributed by atoms with Crippen LogP contribution in [0.1, 0.15) is 51.1 Å². The van der Waals surface area contributed by atoms with Gasteiger partial charge in [-0.05, 0) is 30.2 Å². The highest BCUT2D eigenvalue weighted by Gasteiger charge is 2.32. The highest BCUT2D eigenvalue weighted by atomic mass is 15.2. The summed E-state index contributed by atoms with van der Waals surface area (Å²) in [5.41, 5.74) is 1.44. The highest BCUT2D eigenvalue weighted by molar-refractivity contribution is 5.20. The van der Waals surface area contributed by atoms with Crippen molar-refractivity contribution in [3.63, 3.8) is 0 Å². The zero-order valence-corrected chi connectivity index (χ0v) is 13.6. The first kappa shape index (κ1) is 15.1. The fourth-order valence-corrected chi connectivity index (χ4v) is 4.18. The number of hydrogen-bond donors (Lipinski definition) is 1. The van der Waals surface area contributed by atoms with E-state index in [1.54, 1.807) is 0 Å². The van der Waals surface area contributed by atoms with Crippen molar-refractivity contribution >= 4 is 0 Å². The average Bonchev–Trinajstić information content (AvgIpc) is 2.93. The van der Waals surface area contributed by atoms with Gasteiger partial charge in [-0.1, -0.05) is 57.0 Å². The lowest BCUT2D eigenvalue weighted by Crippen LogP contribution is -2.53. The zero-order valence-electron chi connectivity index (χ0n) is 13.6. The summed E-state index contributed by atoms with van der Waals surface area (Å²) < 4.78 is 0. The molecule has 1 saturated heterocycles. The Morgan fingerprint density at radius 2 is 2.00 bits per heavy atom. The molecule has 4 unspecified atom stereocenters. The third-order valence-electron chi connectivity index (χ3n) is 5.71. The second kappa shape index (κ2) is 6.93. The van der Waals surface area contributed by atoms with E-state index in [1.807, 2.05) is 0 Å². The van der Waals surface area contributed by atoms with Crippen molar-refractivity contribution < 1.29 is 0 Å². The largest absolute Gasteiger partial charge is 0.307 e. The van der Waals surface area contributed by atoms with Crippen LogP contribution >= 0.6 is 0 Å². The lowest BCUT2D eigenvalue weighted by atomic mass is 9.94. The summed E-state index contributed by atoms with van der Waals surface area (Å²) in [6.07, 6.45) is 5.58. The molecular formula is C19H30N2. The van der Waals surface area contributed by atoms with Crippen LogP contribution in [0.3, 0.4) is 0 Å². The first-order chi connectivity index (χ1) is 10.3. The quantitative estimate of drug-likeness (QED) is 0.904. The van der Waals surface area contributed by atoms with Crippen LogP contribution < -0.4 is 5.32 Å². The van der Waals surface area contributed by atoms with Gasteiger partial charge < -0.3 is 5.32 Å². The summed E-state index contributed by atoms with van der Waals surface area (Å²) in [6.45, 7) is 8.41. The van der Waals surface area contributed by atoms with Crippen LogP contribution in [0.4, 0.5) is 0 Å². The Hall–Kier alpha value is -0.860. The third-order valence-corrected chi connectivity index (χ3v) is 5.71. The van der Waals surface area contributed by atoms with E-state index in [-0.39, 0.29) is 0 Å². The molecule has 2 heteroatoms. The predicted octanol–water partition coefficient (Wildman–Crippen LogP) is 3.85. The Kier molecular flexibility index (Phi) is 4.97. The van der Waals surface area contributed by atoms with E-state index >= 15 is 0 Å². The summed E-state index contributed by atoms with van der Waals surface area (Å²) in [4.78, 5) is 2.78. The molecule has 2 fully saturated rings. The van der Waals surface area contributed by atoms with Gasteiger partial charge in [0.1, 0.15) is 0 Å². The Morgan fingerprint density at radius 3 is 2.67 bits per heavy atom. The molecule has 1 aliphatic heterocycles. The van der Waals surface area contributed by atoms with Gasteiger partial charge in [-0.25, -0.2) is 0 Å². The van der Waals surface area contributed by atoms with Gasteiger partial charge >= 0.3 is 0 Å². The van der Waals surface area contributed by atoms with Crippen molar-refractivity contribution in [2.75, 3.05) is 19.6 Å². The summed E-state index contributed by atoms with van der Waals surface area (Å²) in [7, 11) is 0. The molecule has 21 heavy (non-hydrogen) atoms. The van der Waals surface area contributed by atoms with Crippen LogP contribution in [0, 0.1) is 11.8 Å². The van der Waals surface area contributed by atoms with E-state index in [0.717, 1.165) is 24.4 Å². The van der Waals surface area contributed by atoms with Gasteiger partial charge in [0.15, 0.2) is 0 Å². The number of hydrogen-bond acceptors (Lipinski definition) is 2. The first-order valence-electron chi connectivity index (χ1n) is 8.80. The molecule has 1 aromatic rings. The molecule has 0 bridgehead atoms. The molecule has 1 N–H and O–H groups in total. The number of nitrogens with zero attached hydrogens (tertiary/aromatic N) is 1.